The Labute approximate surface area is 135 Å². The highest BCUT2D eigenvalue weighted by Crippen LogP contribution is 2.26. The summed E-state index contributed by atoms with van der Waals surface area (Å²) >= 11 is 0. The molecule has 2 atom stereocenters. The number of rotatable bonds is 9. The van der Waals surface area contributed by atoms with Crippen LogP contribution in [0.15, 0.2) is 11.8 Å². The first-order chi connectivity index (χ1) is 9.79. The van der Waals surface area contributed by atoms with Crippen LogP contribution in [-0.4, -0.2) is 56.4 Å². The van der Waals surface area contributed by atoms with Crippen LogP contribution >= 0.6 is 0 Å². The molecule has 0 aliphatic heterocycles. The first-order valence-electron chi connectivity index (χ1n) is 7.43. The molecule has 6 nitrogen and oxygen atoms in total. The lowest BCUT2D eigenvalue weighted by atomic mass is 10.1. The minimum atomic E-state index is -2.54. The van der Waals surface area contributed by atoms with Crippen LogP contribution in [0.1, 0.15) is 19.8 Å². The third-order valence-electron chi connectivity index (χ3n) is 3.11. The number of hydrogen-bond donors (Lipinski definition) is 3. The molecule has 22 heavy (non-hydrogen) atoms. The Balaban J connectivity index is 5.13. The molecule has 8 heteroatoms. The largest absolute Gasteiger partial charge is 0.452 e. The van der Waals surface area contributed by atoms with Crippen molar-refractivity contribution >= 4 is 22.6 Å². The SMILES string of the molecule is C=C(C(=O)OC(O)(CCC)C(O)CO)[Si](C)(C)O[Si](C)(C)C. The number of aliphatic hydroxyl groups is 3. The highest BCUT2D eigenvalue weighted by atomic mass is 28.4. The number of aliphatic hydroxyl groups excluding tert-OH is 2. The van der Waals surface area contributed by atoms with Crippen LogP contribution in [-0.2, 0) is 13.6 Å². The molecule has 130 valence electrons. The first-order valence-corrected chi connectivity index (χ1v) is 13.7. The Morgan fingerprint density at radius 1 is 1.27 bits per heavy atom. The van der Waals surface area contributed by atoms with Crippen LogP contribution in [0.5, 0.6) is 0 Å². The van der Waals surface area contributed by atoms with Gasteiger partial charge in [-0.3, -0.25) is 0 Å². The van der Waals surface area contributed by atoms with Crippen molar-refractivity contribution < 1.29 is 29.0 Å². The summed E-state index contributed by atoms with van der Waals surface area (Å²) in [5.41, 5.74) is 0. The van der Waals surface area contributed by atoms with Gasteiger partial charge in [0.05, 0.1) is 6.61 Å². The lowest BCUT2D eigenvalue weighted by Crippen LogP contribution is -2.51. The zero-order valence-corrected chi connectivity index (χ0v) is 16.5. The number of ether oxygens (including phenoxy) is 1. The molecule has 0 aromatic heterocycles. The highest BCUT2D eigenvalue weighted by molar-refractivity contribution is 6.90. The van der Waals surface area contributed by atoms with Crippen molar-refractivity contribution in [3.63, 3.8) is 0 Å². The van der Waals surface area contributed by atoms with Gasteiger partial charge < -0.3 is 24.2 Å². The average molecular weight is 351 g/mol. The van der Waals surface area contributed by atoms with Crippen molar-refractivity contribution in [2.45, 2.75) is 64.4 Å². The molecule has 0 aromatic carbocycles. The van der Waals surface area contributed by atoms with Crippen molar-refractivity contribution in [3.05, 3.63) is 11.8 Å². The lowest BCUT2D eigenvalue weighted by molar-refractivity contribution is -0.252. The molecule has 0 saturated heterocycles. The molecule has 0 saturated carbocycles. The van der Waals surface area contributed by atoms with Gasteiger partial charge in [0.25, 0.3) is 0 Å². The zero-order chi connectivity index (χ0) is 17.8. The Bertz CT molecular complexity index is 405. The molecule has 0 aliphatic rings. The summed E-state index contributed by atoms with van der Waals surface area (Å²) in [4.78, 5) is 12.3. The van der Waals surface area contributed by atoms with Gasteiger partial charge in [0.1, 0.15) is 6.10 Å². The topological polar surface area (TPSA) is 96.2 Å². The molecule has 0 rings (SSSR count). The highest BCUT2D eigenvalue weighted by Gasteiger charge is 2.43. The van der Waals surface area contributed by atoms with Gasteiger partial charge in [-0.05, 0) is 39.2 Å². The molecular formula is C14H30O6Si2. The van der Waals surface area contributed by atoms with Gasteiger partial charge in [0.15, 0.2) is 8.32 Å². The van der Waals surface area contributed by atoms with Crippen LogP contribution < -0.4 is 0 Å². The third kappa shape index (κ3) is 6.31. The summed E-state index contributed by atoms with van der Waals surface area (Å²) < 4.78 is 11.1. The van der Waals surface area contributed by atoms with Gasteiger partial charge in [-0.25, -0.2) is 4.79 Å². The van der Waals surface area contributed by atoms with E-state index in [-0.39, 0.29) is 11.6 Å². The van der Waals surface area contributed by atoms with E-state index in [1.54, 1.807) is 6.92 Å². The van der Waals surface area contributed by atoms with Crippen molar-refractivity contribution in [1.82, 2.24) is 0 Å². The predicted octanol–water partition coefficient (Wildman–Crippen LogP) is 1.52. The summed E-state index contributed by atoms with van der Waals surface area (Å²) in [5.74, 6) is -2.91. The van der Waals surface area contributed by atoms with Crippen LogP contribution in [0.25, 0.3) is 0 Å². The fourth-order valence-corrected chi connectivity index (χ4v) is 9.24. The molecule has 3 N–H and O–H groups in total. The van der Waals surface area contributed by atoms with Crippen molar-refractivity contribution in [3.8, 4) is 0 Å². The molecule has 0 heterocycles. The smallest absolute Gasteiger partial charge is 0.334 e. The van der Waals surface area contributed by atoms with E-state index in [1.165, 1.54) is 0 Å². The Morgan fingerprint density at radius 2 is 1.77 bits per heavy atom. The Hall–Kier alpha value is -0.516. The van der Waals surface area contributed by atoms with Crippen molar-refractivity contribution in [1.29, 1.82) is 0 Å². The molecule has 0 spiro atoms. The van der Waals surface area contributed by atoms with Gasteiger partial charge in [-0.1, -0.05) is 13.5 Å². The summed E-state index contributed by atoms with van der Waals surface area (Å²) in [6.45, 7) is 14.6. The zero-order valence-electron chi connectivity index (χ0n) is 14.5. The molecule has 0 aromatic rings. The van der Waals surface area contributed by atoms with E-state index < -0.39 is 41.1 Å². The molecule has 2 unspecified atom stereocenters. The standard InChI is InChI=1S/C14H30O6Si2/c1-8-9-14(18,12(16)10-15)19-13(17)11(2)22(6,7)20-21(3,4)5/h12,15-16,18H,2,8-10H2,1,3-7H3. The second-order valence-corrected chi connectivity index (χ2v) is 15.6. The van der Waals surface area contributed by atoms with Crippen LogP contribution in [0.3, 0.4) is 0 Å². The number of carbonyl (C=O) groups excluding carboxylic acids is 1. The van der Waals surface area contributed by atoms with Gasteiger partial charge >= 0.3 is 5.97 Å². The fourth-order valence-electron chi connectivity index (χ4n) is 2.08. The molecular weight excluding hydrogens is 320 g/mol. The Kier molecular flexibility index (Phi) is 7.66. The fraction of sp³-hybridized carbons (Fsp3) is 0.786. The van der Waals surface area contributed by atoms with Gasteiger partial charge in [-0.15, -0.1) is 0 Å². The second-order valence-electron chi connectivity index (χ2n) is 6.89. The van der Waals surface area contributed by atoms with Gasteiger partial charge in [-0.2, -0.15) is 0 Å². The van der Waals surface area contributed by atoms with E-state index >= 15 is 0 Å². The Morgan fingerprint density at radius 3 is 2.14 bits per heavy atom. The summed E-state index contributed by atoms with van der Waals surface area (Å²) in [5, 5.41) is 29.2. The quantitative estimate of drug-likeness (QED) is 0.252. The molecule has 0 bridgehead atoms. The second kappa shape index (κ2) is 7.84. The molecule has 0 radical (unpaired) electrons. The lowest BCUT2D eigenvalue weighted by Gasteiger charge is -2.35. The molecule has 0 amide bonds. The monoisotopic (exact) mass is 350 g/mol. The van der Waals surface area contributed by atoms with E-state index in [4.69, 9.17) is 14.0 Å². The number of carbonyl (C=O) groups is 1. The van der Waals surface area contributed by atoms with Crippen LogP contribution in [0, 0.1) is 0 Å². The van der Waals surface area contributed by atoms with Gasteiger partial charge in [0.2, 0.25) is 14.1 Å². The average Bonchev–Trinajstić information content (AvgIpc) is 2.33. The van der Waals surface area contributed by atoms with E-state index in [9.17, 15) is 15.0 Å². The third-order valence-corrected chi connectivity index (χ3v) is 9.25. The van der Waals surface area contributed by atoms with Crippen LogP contribution in [0.2, 0.25) is 32.7 Å². The van der Waals surface area contributed by atoms with E-state index in [2.05, 4.69) is 6.58 Å². The minimum absolute atomic E-state index is 0.0185. The molecule has 0 fully saturated rings. The normalized spacial score (nSPS) is 16.8. The van der Waals surface area contributed by atoms with E-state index in [1.807, 2.05) is 32.7 Å². The number of esters is 1. The summed E-state index contributed by atoms with van der Waals surface area (Å²) in [7, 11) is -4.40. The van der Waals surface area contributed by atoms with E-state index in [0.717, 1.165) is 0 Å². The van der Waals surface area contributed by atoms with Crippen molar-refractivity contribution in [2.75, 3.05) is 6.61 Å². The van der Waals surface area contributed by atoms with Crippen LogP contribution in [0.4, 0.5) is 0 Å². The first kappa shape index (κ1) is 21.5. The summed E-state index contributed by atoms with van der Waals surface area (Å²) in [6.07, 6.45) is -1.07. The van der Waals surface area contributed by atoms with Crippen molar-refractivity contribution in [2.24, 2.45) is 0 Å². The minimum Gasteiger partial charge on any atom is -0.452 e. The predicted molar refractivity (Wildman–Crippen MR) is 90.1 cm³/mol. The van der Waals surface area contributed by atoms with E-state index in [0.29, 0.717) is 6.42 Å². The number of hydrogen-bond acceptors (Lipinski definition) is 6. The maximum absolute atomic E-state index is 12.3. The summed E-state index contributed by atoms with van der Waals surface area (Å²) in [6, 6.07) is 0. The maximum atomic E-state index is 12.3. The molecule has 0 aliphatic carbocycles. The maximum Gasteiger partial charge on any atom is 0.334 e. The van der Waals surface area contributed by atoms with Gasteiger partial charge in [0, 0.05) is 11.6 Å².